The molecular formula is C16H20N2O4. The van der Waals surface area contributed by atoms with Gasteiger partial charge in [0.05, 0.1) is 6.04 Å². The topological polar surface area (TPSA) is 101 Å². The molecule has 0 bridgehead atoms. The summed E-state index contributed by atoms with van der Waals surface area (Å²) in [6.45, 7) is 3.89. The predicted octanol–water partition coefficient (Wildman–Crippen LogP) is 1.56. The molecule has 2 rings (SSSR count). The monoisotopic (exact) mass is 304 g/mol. The van der Waals surface area contributed by atoms with Crippen LogP contribution in [-0.4, -0.2) is 33.8 Å². The minimum absolute atomic E-state index is 0.0214. The van der Waals surface area contributed by atoms with Crippen LogP contribution in [0.3, 0.4) is 0 Å². The van der Waals surface area contributed by atoms with Crippen molar-refractivity contribution in [1.29, 1.82) is 0 Å². The third kappa shape index (κ3) is 2.81. The summed E-state index contributed by atoms with van der Waals surface area (Å²) in [6.07, 6.45) is -0.0461. The zero-order valence-corrected chi connectivity index (χ0v) is 12.7. The summed E-state index contributed by atoms with van der Waals surface area (Å²) in [7, 11) is 0. The molecule has 0 saturated heterocycles. The van der Waals surface area contributed by atoms with Gasteiger partial charge in [-0.05, 0) is 24.0 Å². The standard InChI is InChI=1S/C16H20N2O4/c1-9(2)14-10-5-3-4-6-11(10)15(20)18(14)12(16(21)22)7-8-13(17)19/h3-6,9,12,14H,7-8H2,1-2H3,(H2,17,19)(H,21,22). The van der Waals surface area contributed by atoms with Crippen molar-refractivity contribution in [2.24, 2.45) is 11.7 Å². The molecule has 0 fully saturated rings. The molecule has 1 heterocycles. The third-order valence-corrected chi connectivity index (χ3v) is 3.96. The summed E-state index contributed by atoms with van der Waals surface area (Å²) in [5, 5.41) is 9.50. The molecule has 3 N–H and O–H groups in total. The Bertz CT molecular complexity index is 612. The SMILES string of the molecule is CC(C)C1c2ccccc2C(=O)N1C(CCC(N)=O)C(=O)O. The highest BCUT2D eigenvalue weighted by Gasteiger charge is 2.44. The van der Waals surface area contributed by atoms with Crippen molar-refractivity contribution >= 4 is 17.8 Å². The average molecular weight is 304 g/mol. The molecule has 1 aliphatic heterocycles. The van der Waals surface area contributed by atoms with Crippen molar-refractivity contribution in [1.82, 2.24) is 4.90 Å². The highest BCUT2D eigenvalue weighted by atomic mass is 16.4. The van der Waals surface area contributed by atoms with E-state index in [1.807, 2.05) is 26.0 Å². The first kappa shape index (κ1) is 16.0. The number of aliphatic carboxylic acids is 1. The number of hydrogen-bond donors (Lipinski definition) is 2. The van der Waals surface area contributed by atoms with Crippen LogP contribution in [-0.2, 0) is 9.59 Å². The van der Waals surface area contributed by atoms with Crippen molar-refractivity contribution < 1.29 is 19.5 Å². The Morgan fingerprint density at radius 3 is 2.50 bits per heavy atom. The molecule has 6 heteroatoms. The van der Waals surface area contributed by atoms with Gasteiger partial charge >= 0.3 is 5.97 Å². The van der Waals surface area contributed by atoms with E-state index in [1.54, 1.807) is 12.1 Å². The Morgan fingerprint density at radius 1 is 1.32 bits per heavy atom. The van der Waals surface area contributed by atoms with Crippen molar-refractivity contribution in [2.45, 2.75) is 38.8 Å². The lowest BCUT2D eigenvalue weighted by atomic mass is 9.94. The van der Waals surface area contributed by atoms with Crippen LogP contribution in [0.15, 0.2) is 24.3 Å². The quantitative estimate of drug-likeness (QED) is 0.832. The smallest absolute Gasteiger partial charge is 0.326 e. The fraction of sp³-hybridized carbons (Fsp3) is 0.438. The summed E-state index contributed by atoms with van der Waals surface area (Å²) in [5.41, 5.74) is 6.49. The average Bonchev–Trinajstić information content (AvgIpc) is 2.73. The van der Waals surface area contributed by atoms with E-state index in [0.29, 0.717) is 5.56 Å². The number of rotatable bonds is 6. The summed E-state index contributed by atoms with van der Waals surface area (Å²) in [6, 6.07) is 5.80. The molecule has 2 amide bonds. The summed E-state index contributed by atoms with van der Waals surface area (Å²) < 4.78 is 0. The van der Waals surface area contributed by atoms with Crippen LogP contribution in [0.2, 0.25) is 0 Å². The van der Waals surface area contributed by atoms with Crippen molar-refractivity contribution in [2.75, 3.05) is 0 Å². The van der Waals surface area contributed by atoms with Gasteiger partial charge in [-0.15, -0.1) is 0 Å². The highest BCUT2D eigenvalue weighted by Crippen LogP contribution is 2.40. The van der Waals surface area contributed by atoms with Gasteiger partial charge < -0.3 is 15.7 Å². The second kappa shape index (κ2) is 6.17. The van der Waals surface area contributed by atoms with Crippen molar-refractivity contribution in [3.05, 3.63) is 35.4 Å². The summed E-state index contributed by atoms with van der Waals surface area (Å²) in [5.74, 6) is -1.93. The van der Waals surface area contributed by atoms with E-state index < -0.39 is 17.9 Å². The molecule has 6 nitrogen and oxygen atoms in total. The number of primary amides is 1. The van der Waals surface area contributed by atoms with E-state index in [4.69, 9.17) is 5.73 Å². The van der Waals surface area contributed by atoms with Gasteiger partial charge in [0, 0.05) is 12.0 Å². The lowest BCUT2D eigenvalue weighted by Gasteiger charge is -2.33. The molecule has 0 saturated carbocycles. The first-order valence-corrected chi connectivity index (χ1v) is 7.27. The van der Waals surface area contributed by atoms with Crippen LogP contribution in [0.4, 0.5) is 0 Å². The predicted molar refractivity (Wildman–Crippen MR) is 80.0 cm³/mol. The number of amides is 2. The van der Waals surface area contributed by atoms with Crippen LogP contribution in [0.25, 0.3) is 0 Å². The van der Waals surface area contributed by atoms with Crippen molar-refractivity contribution in [3.8, 4) is 0 Å². The summed E-state index contributed by atoms with van der Waals surface area (Å²) in [4.78, 5) is 36.6. The van der Waals surface area contributed by atoms with Gasteiger partial charge in [-0.25, -0.2) is 4.79 Å². The fourth-order valence-electron chi connectivity index (χ4n) is 3.04. The molecule has 1 aromatic carbocycles. The zero-order valence-electron chi connectivity index (χ0n) is 12.7. The number of carboxylic acids is 1. The summed E-state index contributed by atoms with van der Waals surface area (Å²) >= 11 is 0. The first-order chi connectivity index (χ1) is 10.3. The Kier molecular flexibility index (Phi) is 4.49. The molecule has 118 valence electrons. The molecule has 2 atom stereocenters. The molecule has 0 aliphatic carbocycles. The van der Waals surface area contributed by atoms with Gasteiger partial charge in [0.15, 0.2) is 0 Å². The lowest BCUT2D eigenvalue weighted by molar-refractivity contribution is -0.143. The normalized spacial score (nSPS) is 18.4. The number of benzene rings is 1. The first-order valence-electron chi connectivity index (χ1n) is 7.27. The number of carbonyl (C=O) groups is 3. The van der Waals surface area contributed by atoms with Gasteiger partial charge in [0.2, 0.25) is 5.91 Å². The van der Waals surface area contributed by atoms with E-state index in [1.165, 1.54) is 4.90 Å². The molecule has 0 spiro atoms. The van der Waals surface area contributed by atoms with E-state index in [2.05, 4.69) is 0 Å². The Morgan fingerprint density at radius 2 is 1.95 bits per heavy atom. The maximum Gasteiger partial charge on any atom is 0.326 e. The third-order valence-electron chi connectivity index (χ3n) is 3.96. The van der Waals surface area contributed by atoms with Gasteiger partial charge in [0.1, 0.15) is 6.04 Å². The number of fused-ring (bicyclic) bond motifs is 1. The molecule has 2 unspecified atom stereocenters. The molecule has 0 aromatic heterocycles. The minimum atomic E-state index is -1.12. The molecule has 22 heavy (non-hydrogen) atoms. The second-order valence-electron chi connectivity index (χ2n) is 5.85. The number of carbonyl (C=O) groups excluding carboxylic acids is 2. The Balaban J connectivity index is 2.41. The second-order valence-corrected chi connectivity index (χ2v) is 5.85. The number of hydrogen-bond acceptors (Lipinski definition) is 3. The van der Waals surface area contributed by atoms with Crippen LogP contribution >= 0.6 is 0 Å². The number of carboxylic acid groups (broad SMARTS) is 1. The van der Waals surface area contributed by atoms with E-state index in [-0.39, 0.29) is 30.7 Å². The van der Waals surface area contributed by atoms with E-state index >= 15 is 0 Å². The van der Waals surface area contributed by atoms with Gasteiger partial charge in [-0.2, -0.15) is 0 Å². The molecule has 1 aliphatic rings. The Hall–Kier alpha value is -2.37. The van der Waals surface area contributed by atoms with Crippen molar-refractivity contribution in [3.63, 3.8) is 0 Å². The Labute approximate surface area is 128 Å². The highest BCUT2D eigenvalue weighted by molar-refractivity contribution is 6.01. The van der Waals surface area contributed by atoms with E-state index in [9.17, 15) is 19.5 Å². The van der Waals surface area contributed by atoms with Crippen LogP contribution in [0.5, 0.6) is 0 Å². The van der Waals surface area contributed by atoms with Crippen LogP contribution < -0.4 is 5.73 Å². The molecule has 0 radical (unpaired) electrons. The van der Waals surface area contributed by atoms with Gasteiger partial charge in [0.25, 0.3) is 5.91 Å². The minimum Gasteiger partial charge on any atom is -0.480 e. The maximum absolute atomic E-state index is 12.6. The fourth-order valence-corrected chi connectivity index (χ4v) is 3.04. The van der Waals surface area contributed by atoms with Gasteiger partial charge in [-0.3, -0.25) is 9.59 Å². The number of nitrogens with two attached hydrogens (primary N) is 1. The maximum atomic E-state index is 12.6. The van der Waals surface area contributed by atoms with E-state index in [0.717, 1.165) is 5.56 Å². The van der Waals surface area contributed by atoms with Crippen LogP contribution in [0.1, 0.15) is 48.7 Å². The molecular weight excluding hydrogens is 284 g/mol. The lowest BCUT2D eigenvalue weighted by Crippen LogP contribution is -2.45. The number of nitrogens with zero attached hydrogens (tertiary/aromatic N) is 1. The van der Waals surface area contributed by atoms with Gasteiger partial charge in [-0.1, -0.05) is 32.0 Å². The zero-order chi connectivity index (χ0) is 16.4. The largest absolute Gasteiger partial charge is 0.480 e. The molecule has 1 aromatic rings. The van der Waals surface area contributed by atoms with Crippen LogP contribution in [0, 0.1) is 5.92 Å².